The quantitative estimate of drug-likeness (QED) is 0.381. The summed E-state index contributed by atoms with van der Waals surface area (Å²) in [4.78, 5) is 5.34. The van der Waals surface area contributed by atoms with Gasteiger partial charge < -0.3 is 4.84 Å². The minimum Gasteiger partial charge on any atom is -0.302 e. The fourth-order valence-electron chi connectivity index (χ4n) is 1.72. The van der Waals surface area contributed by atoms with E-state index in [0.717, 1.165) is 13.1 Å². The van der Waals surface area contributed by atoms with E-state index in [-0.39, 0.29) is 0 Å². The van der Waals surface area contributed by atoms with Gasteiger partial charge in [0, 0.05) is 13.1 Å². The molecule has 15 heavy (non-hydrogen) atoms. The highest BCUT2D eigenvalue weighted by Crippen LogP contribution is 2.04. The Morgan fingerprint density at radius 1 is 0.733 bits per heavy atom. The van der Waals surface area contributed by atoms with Crippen molar-refractivity contribution in [3.05, 3.63) is 0 Å². The van der Waals surface area contributed by atoms with Crippen LogP contribution in [0.5, 0.6) is 0 Å². The van der Waals surface area contributed by atoms with Gasteiger partial charge in [0.2, 0.25) is 0 Å². The van der Waals surface area contributed by atoms with E-state index in [1.165, 1.54) is 51.4 Å². The van der Waals surface area contributed by atoms with E-state index in [1.54, 1.807) is 7.11 Å². The molecule has 0 bridgehead atoms. The molecule has 0 aromatic heterocycles. The SMILES string of the molecule is CCCCCCN(CCCCCC)OC. The van der Waals surface area contributed by atoms with Crippen molar-refractivity contribution in [1.82, 2.24) is 5.06 Å². The molecule has 0 N–H and O–H groups in total. The van der Waals surface area contributed by atoms with Crippen LogP contribution < -0.4 is 0 Å². The summed E-state index contributed by atoms with van der Waals surface area (Å²) < 4.78 is 0. The third-order valence-corrected chi connectivity index (χ3v) is 2.78. The second-order valence-electron chi connectivity index (χ2n) is 4.23. The predicted octanol–water partition coefficient (Wildman–Crippen LogP) is 4.01. The third kappa shape index (κ3) is 10.2. The van der Waals surface area contributed by atoms with Crippen LogP contribution in [0, 0.1) is 0 Å². The number of hydrogen-bond acceptors (Lipinski definition) is 2. The lowest BCUT2D eigenvalue weighted by atomic mass is 10.2. The van der Waals surface area contributed by atoms with Crippen LogP contribution in [0.3, 0.4) is 0 Å². The number of hydrogen-bond donors (Lipinski definition) is 0. The highest BCUT2D eigenvalue weighted by Gasteiger charge is 2.02. The van der Waals surface area contributed by atoms with Gasteiger partial charge in [-0.05, 0) is 12.8 Å². The lowest BCUT2D eigenvalue weighted by Gasteiger charge is -2.19. The van der Waals surface area contributed by atoms with Crippen LogP contribution in [-0.2, 0) is 4.84 Å². The van der Waals surface area contributed by atoms with E-state index in [1.807, 2.05) is 0 Å². The van der Waals surface area contributed by atoms with Crippen molar-refractivity contribution in [2.75, 3.05) is 20.2 Å². The summed E-state index contributed by atoms with van der Waals surface area (Å²) in [6.07, 6.45) is 10.6. The predicted molar refractivity (Wildman–Crippen MR) is 66.9 cm³/mol. The Bertz CT molecular complexity index is 105. The maximum absolute atomic E-state index is 5.34. The van der Waals surface area contributed by atoms with Crippen molar-refractivity contribution in [3.8, 4) is 0 Å². The van der Waals surface area contributed by atoms with Gasteiger partial charge in [-0.1, -0.05) is 52.4 Å². The minimum absolute atomic E-state index is 1.10. The molecule has 92 valence electrons. The van der Waals surface area contributed by atoms with Crippen molar-refractivity contribution < 1.29 is 4.84 Å². The van der Waals surface area contributed by atoms with Crippen LogP contribution in [0.2, 0.25) is 0 Å². The molecule has 0 rings (SSSR count). The van der Waals surface area contributed by atoms with Crippen LogP contribution in [0.15, 0.2) is 0 Å². The summed E-state index contributed by atoms with van der Waals surface area (Å²) in [5.74, 6) is 0. The fourth-order valence-corrected chi connectivity index (χ4v) is 1.72. The molecule has 0 spiro atoms. The first-order chi connectivity index (χ1) is 7.35. The van der Waals surface area contributed by atoms with Gasteiger partial charge in [0.05, 0.1) is 7.11 Å². The Hall–Kier alpha value is -0.0800. The average Bonchev–Trinajstić information content (AvgIpc) is 2.27. The molecule has 0 saturated heterocycles. The molecule has 0 saturated carbocycles. The highest BCUT2D eigenvalue weighted by molar-refractivity contribution is 4.50. The minimum atomic E-state index is 1.10. The van der Waals surface area contributed by atoms with Gasteiger partial charge in [-0.2, -0.15) is 5.06 Å². The van der Waals surface area contributed by atoms with Gasteiger partial charge in [-0.3, -0.25) is 0 Å². The summed E-state index contributed by atoms with van der Waals surface area (Å²) in [6.45, 7) is 6.70. The Balaban J connectivity index is 3.29. The first-order valence-corrected chi connectivity index (χ1v) is 6.64. The molecule has 0 aliphatic heterocycles. The van der Waals surface area contributed by atoms with Crippen LogP contribution in [0.1, 0.15) is 65.2 Å². The van der Waals surface area contributed by atoms with E-state index in [4.69, 9.17) is 4.84 Å². The number of unbranched alkanes of at least 4 members (excludes halogenated alkanes) is 6. The standard InChI is InChI=1S/C13H29NO/c1-4-6-8-10-12-14(15-3)13-11-9-7-5-2/h4-13H2,1-3H3. The van der Waals surface area contributed by atoms with Gasteiger partial charge in [0.1, 0.15) is 0 Å². The van der Waals surface area contributed by atoms with Gasteiger partial charge in [0.25, 0.3) is 0 Å². The molecule has 2 heteroatoms. The van der Waals surface area contributed by atoms with Crippen molar-refractivity contribution in [2.24, 2.45) is 0 Å². The molecule has 0 atom stereocenters. The second-order valence-corrected chi connectivity index (χ2v) is 4.23. The van der Waals surface area contributed by atoms with Gasteiger partial charge in [0.15, 0.2) is 0 Å². The molecule has 0 aromatic carbocycles. The molecule has 0 aliphatic carbocycles. The van der Waals surface area contributed by atoms with Crippen LogP contribution in [0.25, 0.3) is 0 Å². The average molecular weight is 215 g/mol. The number of rotatable bonds is 11. The zero-order valence-electron chi connectivity index (χ0n) is 10.9. The summed E-state index contributed by atoms with van der Waals surface area (Å²) in [7, 11) is 1.79. The number of nitrogens with zero attached hydrogens (tertiary/aromatic N) is 1. The molecular formula is C13H29NO. The van der Waals surface area contributed by atoms with Crippen LogP contribution in [0.4, 0.5) is 0 Å². The normalized spacial score (nSPS) is 11.2. The van der Waals surface area contributed by atoms with Gasteiger partial charge in [-0.15, -0.1) is 0 Å². The van der Waals surface area contributed by atoms with Crippen molar-refractivity contribution >= 4 is 0 Å². The van der Waals surface area contributed by atoms with Crippen LogP contribution in [-0.4, -0.2) is 25.3 Å². The summed E-state index contributed by atoms with van der Waals surface area (Å²) >= 11 is 0. The Morgan fingerprint density at radius 3 is 1.53 bits per heavy atom. The zero-order valence-corrected chi connectivity index (χ0v) is 10.9. The number of hydroxylamine groups is 2. The second kappa shape index (κ2) is 12.0. The third-order valence-electron chi connectivity index (χ3n) is 2.78. The molecule has 0 fully saturated rings. The monoisotopic (exact) mass is 215 g/mol. The summed E-state index contributed by atoms with van der Waals surface area (Å²) in [5.41, 5.74) is 0. The Morgan fingerprint density at radius 2 is 1.20 bits per heavy atom. The maximum atomic E-state index is 5.34. The van der Waals surface area contributed by atoms with Crippen molar-refractivity contribution in [2.45, 2.75) is 65.2 Å². The molecule has 0 heterocycles. The molecule has 2 nitrogen and oxygen atoms in total. The smallest absolute Gasteiger partial charge is 0.0575 e. The van der Waals surface area contributed by atoms with E-state index in [2.05, 4.69) is 18.9 Å². The Kier molecular flexibility index (Phi) is 11.9. The topological polar surface area (TPSA) is 12.5 Å². The van der Waals surface area contributed by atoms with Gasteiger partial charge in [-0.25, -0.2) is 0 Å². The van der Waals surface area contributed by atoms with E-state index in [9.17, 15) is 0 Å². The largest absolute Gasteiger partial charge is 0.302 e. The summed E-state index contributed by atoms with van der Waals surface area (Å²) in [5, 5.41) is 2.12. The van der Waals surface area contributed by atoms with E-state index in [0.29, 0.717) is 0 Å². The molecule has 0 amide bonds. The molecule has 0 aromatic rings. The first-order valence-electron chi connectivity index (χ1n) is 6.64. The van der Waals surface area contributed by atoms with Crippen molar-refractivity contribution in [1.29, 1.82) is 0 Å². The van der Waals surface area contributed by atoms with Gasteiger partial charge >= 0.3 is 0 Å². The fraction of sp³-hybridized carbons (Fsp3) is 1.00. The lowest BCUT2D eigenvalue weighted by Crippen LogP contribution is -2.24. The summed E-state index contributed by atoms with van der Waals surface area (Å²) in [6, 6.07) is 0. The zero-order chi connectivity index (χ0) is 11.4. The highest BCUT2D eigenvalue weighted by atomic mass is 16.7. The van der Waals surface area contributed by atoms with Crippen molar-refractivity contribution in [3.63, 3.8) is 0 Å². The maximum Gasteiger partial charge on any atom is 0.0575 e. The molecule has 0 radical (unpaired) electrons. The molecule has 0 aliphatic rings. The van der Waals surface area contributed by atoms with Crippen LogP contribution >= 0.6 is 0 Å². The van der Waals surface area contributed by atoms with E-state index >= 15 is 0 Å². The Labute approximate surface area is 95.9 Å². The lowest BCUT2D eigenvalue weighted by molar-refractivity contribution is -0.132. The molecule has 0 unspecified atom stereocenters. The first kappa shape index (κ1) is 14.9. The molecular weight excluding hydrogens is 186 g/mol. The van der Waals surface area contributed by atoms with E-state index < -0.39 is 0 Å².